The first-order valence-corrected chi connectivity index (χ1v) is 9.49. The molecule has 0 saturated carbocycles. The molecule has 3 aromatic rings. The largest absolute Gasteiger partial charge is 0.348 e. The second kappa shape index (κ2) is 7.16. The number of fused-ring (bicyclic) bond motifs is 1. The van der Waals surface area contributed by atoms with E-state index in [1.165, 1.54) is 17.7 Å². The number of anilines is 1. The molecule has 5 heteroatoms. The van der Waals surface area contributed by atoms with Crippen LogP contribution in [0, 0.1) is 19.7 Å². The highest BCUT2D eigenvalue weighted by Crippen LogP contribution is 2.33. The van der Waals surface area contributed by atoms with Gasteiger partial charge in [-0.2, -0.15) is 0 Å². The number of benzene rings is 2. The van der Waals surface area contributed by atoms with Crippen LogP contribution in [0.4, 0.5) is 10.1 Å². The van der Waals surface area contributed by atoms with Gasteiger partial charge in [0.1, 0.15) is 5.82 Å². The molecule has 3 nitrogen and oxygen atoms in total. The smallest absolute Gasteiger partial charge is 0.174 e. The topological polar surface area (TPSA) is 20.2 Å². The number of nitrogens with one attached hydrogen (secondary N) is 1. The summed E-state index contributed by atoms with van der Waals surface area (Å²) in [7, 11) is 0. The van der Waals surface area contributed by atoms with Gasteiger partial charge >= 0.3 is 0 Å². The van der Waals surface area contributed by atoms with Gasteiger partial charge in [0.15, 0.2) is 5.11 Å². The minimum absolute atomic E-state index is 0.0422. The summed E-state index contributed by atoms with van der Waals surface area (Å²) >= 11 is 5.80. The Morgan fingerprint density at radius 1 is 1.07 bits per heavy atom. The lowest BCUT2D eigenvalue weighted by atomic mass is 10.0. The van der Waals surface area contributed by atoms with E-state index in [2.05, 4.69) is 65.2 Å². The lowest BCUT2D eigenvalue weighted by Gasteiger charge is -2.39. The van der Waals surface area contributed by atoms with Crippen LogP contribution in [0.25, 0.3) is 0 Å². The van der Waals surface area contributed by atoms with Crippen LogP contribution in [0.2, 0.25) is 0 Å². The zero-order valence-corrected chi connectivity index (χ0v) is 16.3. The summed E-state index contributed by atoms with van der Waals surface area (Å²) in [6.07, 6.45) is 2.09. The molecule has 1 unspecified atom stereocenters. The van der Waals surface area contributed by atoms with Crippen LogP contribution >= 0.6 is 12.2 Å². The summed E-state index contributed by atoms with van der Waals surface area (Å²) in [6, 6.07) is 17.1. The van der Waals surface area contributed by atoms with Gasteiger partial charge in [-0.3, -0.25) is 0 Å². The zero-order chi connectivity index (χ0) is 19.0. The number of nitrogens with zero attached hydrogens (tertiary/aromatic N) is 2. The van der Waals surface area contributed by atoms with Crippen molar-refractivity contribution in [1.82, 2.24) is 9.47 Å². The minimum atomic E-state index is -0.229. The molecule has 1 aliphatic rings. The molecule has 1 N–H and O–H groups in total. The Morgan fingerprint density at radius 2 is 1.85 bits per heavy atom. The Labute approximate surface area is 164 Å². The van der Waals surface area contributed by atoms with Crippen molar-refractivity contribution in [3.05, 3.63) is 89.0 Å². The summed E-state index contributed by atoms with van der Waals surface area (Å²) in [5.74, 6) is -0.229. The molecule has 2 heterocycles. The average molecular weight is 380 g/mol. The second-order valence-electron chi connectivity index (χ2n) is 7.02. The molecule has 2 aromatic carbocycles. The first kappa shape index (κ1) is 17.7. The summed E-state index contributed by atoms with van der Waals surface area (Å²) in [6.45, 7) is 5.81. The van der Waals surface area contributed by atoms with Crippen LogP contribution in [-0.2, 0) is 6.54 Å². The van der Waals surface area contributed by atoms with Crippen molar-refractivity contribution in [2.75, 3.05) is 11.9 Å². The van der Waals surface area contributed by atoms with Crippen molar-refractivity contribution in [2.24, 2.45) is 0 Å². The molecule has 0 bridgehead atoms. The molecular formula is C22H22FN3S. The van der Waals surface area contributed by atoms with Crippen LogP contribution in [0.15, 0.2) is 60.8 Å². The van der Waals surface area contributed by atoms with E-state index in [1.54, 1.807) is 0 Å². The van der Waals surface area contributed by atoms with Crippen LogP contribution in [0.1, 0.15) is 28.4 Å². The zero-order valence-electron chi connectivity index (χ0n) is 15.4. The first-order valence-electron chi connectivity index (χ1n) is 9.08. The van der Waals surface area contributed by atoms with Gasteiger partial charge in [0.25, 0.3) is 0 Å². The van der Waals surface area contributed by atoms with Gasteiger partial charge in [0.05, 0.1) is 6.04 Å². The third kappa shape index (κ3) is 3.47. The molecule has 27 heavy (non-hydrogen) atoms. The van der Waals surface area contributed by atoms with Gasteiger partial charge in [0.2, 0.25) is 0 Å². The highest BCUT2D eigenvalue weighted by atomic mass is 32.1. The fraction of sp³-hybridized carbons (Fsp3) is 0.227. The van der Waals surface area contributed by atoms with E-state index < -0.39 is 0 Å². The minimum Gasteiger partial charge on any atom is -0.348 e. The maximum atomic E-state index is 13.5. The number of aromatic nitrogens is 1. The third-order valence-electron chi connectivity index (χ3n) is 5.12. The number of halogens is 1. The van der Waals surface area contributed by atoms with Gasteiger partial charge in [-0.15, -0.1) is 0 Å². The van der Waals surface area contributed by atoms with Crippen LogP contribution < -0.4 is 5.32 Å². The highest BCUT2D eigenvalue weighted by Gasteiger charge is 2.30. The Bertz CT molecular complexity index is 977. The SMILES string of the molecule is Cc1ccc(C)c(NC(=S)N2CCn3cccc3C2c2ccc(F)cc2)c1. The number of aryl methyl sites for hydroxylation is 2. The third-order valence-corrected chi connectivity index (χ3v) is 5.46. The second-order valence-corrected chi connectivity index (χ2v) is 7.41. The quantitative estimate of drug-likeness (QED) is 0.630. The Morgan fingerprint density at radius 3 is 2.63 bits per heavy atom. The molecule has 1 aliphatic heterocycles. The molecule has 0 radical (unpaired) electrons. The van der Waals surface area contributed by atoms with Crippen molar-refractivity contribution in [3.8, 4) is 0 Å². The Balaban J connectivity index is 1.68. The van der Waals surface area contributed by atoms with Crippen molar-refractivity contribution in [1.29, 1.82) is 0 Å². The lowest BCUT2D eigenvalue weighted by Crippen LogP contribution is -2.44. The molecule has 0 fully saturated rings. The molecule has 4 rings (SSSR count). The van der Waals surface area contributed by atoms with E-state index in [9.17, 15) is 4.39 Å². The summed E-state index contributed by atoms with van der Waals surface area (Å²) in [4.78, 5) is 2.19. The summed E-state index contributed by atoms with van der Waals surface area (Å²) < 4.78 is 15.7. The monoisotopic (exact) mass is 379 g/mol. The molecule has 0 spiro atoms. The van der Waals surface area contributed by atoms with E-state index in [0.717, 1.165) is 35.6 Å². The van der Waals surface area contributed by atoms with Gasteiger partial charge in [0, 0.05) is 30.7 Å². The van der Waals surface area contributed by atoms with E-state index in [0.29, 0.717) is 5.11 Å². The Hall–Kier alpha value is -2.66. The van der Waals surface area contributed by atoms with Crippen molar-refractivity contribution < 1.29 is 4.39 Å². The van der Waals surface area contributed by atoms with Crippen LogP contribution in [0.5, 0.6) is 0 Å². The predicted octanol–water partition coefficient (Wildman–Crippen LogP) is 5.05. The van der Waals surface area contributed by atoms with E-state index in [4.69, 9.17) is 12.2 Å². The van der Waals surface area contributed by atoms with Gasteiger partial charge in [-0.05, 0) is 73.1 Å². The number of hydrogen-bond acceptors (Lipinski definition) is 1. The molecule has 1 atom stereocenters. The maximum absolute atomic E-state index is 13.5. The number of thiocarbonyl (C=S) groups is 1. The average Bonchev–Trinajstić information content (AvgIpc) is 3.13. The molecule has 0 saturated heterocycles. The molecule has 1 aromatic heterocycles. The lowest BCUT2D eigenvalue weighted by molar-refractivity contribution is 0.293. The maximum Gasteiger partial charge on any atom is 0.174 e. The van der Waals surface area contributed by atoms with Gasteiger partial charge in [-0.1, -0.05) is 24.3 Å². The molecule has 0 amide bonds. The summed E-state index contributed by atoms with van der Waals surface area (Å²) in [5.41, 5.74) is 5.56. The number of hydrogen-bond donors (Lipinski definition) is 1. The van der Waals surface area contributed by atoms with E-state index >= 15 is 0 Å². The fourth-order valence-electron chi connectivity index (χ4n) is 3.66. The normalized spacial score (nSPS) is 16.1. The van der Waals surface area contributed by atoms with Crippen LogP contribution in [0.3, 0.4) is 0 Å². The highest BCUT2D eigenvalue weighted by molar-refractivity contribution is 7.80. The standard InChI is InChI=1S/C22H22FN3S/c1-15-5-6-16(2)19(14-15)24-22(27)26-13-12-25-11-3-4-20(25)21(26)17-7-9-18(23)10-8-17/h3-11,14,21H,12-13H2,1-2H3,(H,24,27). The molecule has 138 valence electrons. The fourth-order valence-corrected chi connectivity index (χ4v) is 3.96. The molecule has 0 aliphatic carbocycles. The van der Waals surface area contributed by atoms with Crippen molar-refractivity contribution in [2.45, 2.75) is 26.4 Å². The summed E-state index contributed by atoms with van der Waals surface area (Å²) in [5, 5.41) is 4.11. The number of rotatable bonds is 2. The Kier molecular flexibility index (Phi) is 4.70. The molecular weight excluding hydrogens is 357 g/mol. The van der Waals surface area contributed by atoms with E-state index in [1.807, 2.05) is 12.1 Å². The van der Waals surface area contributed by atoms with E-state index in [-0.39, 0.29) is 11.9 Å². The van der Waals surface area contributed by atoms with Crippen molar-refractivity contribution in [3.63, 3.8) is 0 Å². The first-order chi connectivity index (χ1) is 13.0. The van der Waals surface area contributed by atoms with Crippen LogP contribution in [-0.4, -0.2) is 21.1 Å². The van der Waals surface area contributed by atoms with Gasteiger partial charge in [-0.25, -0.2) is 4.39 Å². The predicted molar refractivity (Wildman–Crippen MR) is 112 cm³/mol. The van der Waals surface area contributed by atoms with Crippen molar-refractivity contribution >= 4 is 23.0 Å². The van der Waals surface area contributed by atoms with Gasteiger partial charge < -0.3 is 14.8 Å².